The molecular formula is C33H44Cl2N8O5S. The van der Waals surface area contributed by atoms with E-state index in [1.807, 2.05) is 31.2 Å². The number of amides is 2. The Bertz CT molecular complexity index is 1800. The first kappa shape index (κ1) is 38.1. The highest BCUT2D eigenvalue weighted by Crippen LogP contribution is 2.33. The molecule has 0 unspecified atom stereocenters. The van der Waals surface area contributed by atoms with Gasteiger partial charge in [0.15, 0.2) is 5.96 Å². The lowest BCUT2D eigenvalue weighted by Gasteiger charge is -2.39. The van der Waals surface area contributed by atoms with Crippen LogP contribution < -0.4 is 26.2 Å². The molecular weight excluding hydrogens is 691 g/mol. The van der Waals surface area contributed by atoms with E-state index in [-0.39, 0.29) is 64.5 Å². The SMILES string of the molecule is Cc1ccc2cc(OCc3c(Cl)ccc(S(=O)(=O)NC(C)(C)C(=O)N4CCN(C(=O)C[C@@H](N)CCCCNC(=N)N)CC4)c3Cl)ccc2n1. The number of carbonyl (C=O) groups is 2. The van der Waals surface area contributed by atoms with Gasteiger partial charge in [-0.05, 0) is 70.0 Å². The van der Waals surface area contributed by atoms with Crippen LogP contribution in [0.5, 0.6) is 5.75 Å². The minimum absolute atomic E-state index is 0.0780. The highest BCUT2D eigenvalue weighted by atomic mass is 35.5. The molecule has 1 aliphatic heterocycles. The first-order valence-corrected chi connectivity index (χ1v) is 18.2. The van der Waals surface area contributed by atoms with Gasteiger partial charge in [-0.1, -0.05) is 35.7 Å². The molecule has 1 aromatic heterocycles. The van der Waals surface area contributed by atoms with E-state index in [1.165, 1.54) is 30.9 Å². The number of nitrogens with two attached hydrogens (primary N) is 2. The van der Waals surface area contributed by atoms with Crippen LogP contribution in [0.4, 0.5) is 0 Å². The third-order valence-corrected chi connectivity index (χ3v) is 10.8. The number of pyridine rings is 1. The molecule has 2 heterocycles. The number of sulfonamides is 1. The fraction of sp³-hybridized carbons (Fsp3) is 0.455. The Balaban J connectivity index is 1.33. The van der Waals surface area contributed by atoms with Gasteiger partial charge in [0.2, 0.25) is 21.8 Å². The summed E-state index contributed by atoms with van der Waals surface area (Å²) in [6.07, 6.45) is 2.42. The predicted octanol–water partition coefficient (Wildman–Crippen LogP) is 3.53. The first-order valence-electron chi connectivity index (χ1n) is 16.0. The third-order valence-electron chi connectivity index (χ3n) is 8.22. The number of benzene rings is 2. The summed E-state index contributed by atoms with van der Waals surface area (Å²) in [5, 5.41) is 10.9. The van der Waals surface area contributed by atoms with Gasteiger partial charge in [0.1, 0.15) is 22.8 Å². The Labute approximate surface area is 297 Å². The van der Waals surface area contributed by atoms with Crippen LogP contribution in [-0.4, -0.2) is 85.3 Å². The average Bonchev–Trinajstić information content (AvgIpc) is 3.03. The largest absolute Gasteiger partial charge is 0.489 e. The Hall–Kier alpha value is -3.69. The zero-order valence-corrected chi connectivity index (χ0v) is 30.2. The van der Waals surface area contributed by atoms with Crippen molar-refractivity contribution in [3.63, 3.8) is 0 Å². The smallest absolute Gasteiger partial charge is 0.243 e. The van der Waals surface area contributed by atoms with Gasteiger partial charge < -0.3 is 31.3 Å². The summed E-state index contributed by atoms with van der Waals surface area (Å²) in [6.45, 7) is 6.47. The van der Waals surface area contributed by atoms with E-state index in [4.69, 9.17) is 44.8 Å². The summed E-state index contributed by atoms with van der Waals surface area (Å²) in [6, 6.07) is 11.7. The van der Waals surface area contributed by atoms with Crippen molar-refractivity contribution < 1.29 is 22.7 Å². The molecule has 0 spiro atoms. The van der Waals surface area contributed by atoms with Gasteiger partial charge in [0.05, 0.1) is 10.5 Å². The summed E-state index contributed by atoms with van der Waals surface area (Å²) >= 11 is 13.0. The van der Waals surface area contributed by atoms with Gasteiger partial charge in [-0.25, -0.2) is 8.42 Å². The maximum absolute atomic E-state index is 13.6. The summed E-state index contributed by atoms with van der Waals surface area (Å²) < 4.78 is 35.7. The van der Waals surface area contributed by atoms with Crippen molar-refractivity contribution in [3.8, 4) is 5.75 Å². The van der Waals surface area contributed by atoms with E-state index >= 15 is 0 Å². The minimum atomic E-state index is -4.29. The van der Waals surface area contributed by atoms with Gasteiger partial charge in [0.25, 0.3) is 0 Å². The van der Waals surface area contributed by atoms with E-state index in [0.29, 0.717) is 31.8 Å². The fourth-order valence-corrected chi connectivity index (χ4v) is 7.83. The van der Waals surface area contributed by atoms with Crippen LogP contribution in [0, 0.1) is 12.3 Å². The zero-order chi connectivity index (χ0) is 35.9. The molecule has 0 bridgehead atoms. The summed E-state index contributed by atoms with van der Waals surface area (Å²) in [4.78, 5) is 33.8. The topological polar surface area (TPSA) is 197 Å². The second-order valence-electron chi connectivity index (χ2n) is 12.6. The number of nitrogens with one attached hydrogen (secondary N) is 3. The van der Waals surface area contributed by atoms with Gasteiger partial charge in [-0.3, -0.25) is 20.0 Å². The molecule has 0 saturated carbocycles. The molecule has 1 atom stereocenters. The molecule has 4 rings (SSSR count). The number of ether oxygens (including phenoxy) is 1. The molecule has 13 nitrogen and oxygen atoms in total. The average molecular weight is 736 g/mol. The molecule has 1 fully saturated rings. The van der Waals surface area contributed by atoms with Crippen molar-refractivity contribution >= 4 is 61.9 Å². The van der Waals surface area contributed by atoms with Crippen molar-refractivity contribution in [3.05, 3.63) is 63.8 Å². The fourth-order valence-electron chi connectivity index (χ4n) is 5.57. The first-order chi connectivity index (χ1) is 23.1. The predicted molar refractivity (Wildman–Crippen MR) is 191 cm³/mol. The number of aromatic nitrogens is 1. The van der Waals surface area contributed by atoms with Crippen molar-refractivity contribution in [1.29, 1.82) is 5.41 Å². The van der Waals surface area contributed by atoms with Crippen LogP contribution in [0.2, 0.25) is 10.0 Å². The maximum Gasteiger partial charge on any atom is 0.243 e. The second kappa shape index (κ2) is 16.3. The van der Waals surface area contributed by atoms with Crippen LogP contribution in [-0.2, 0) is 26.2 Å². The van der Waals surface area contributed by atoms with Gasteiger partial charge in [0, 0.05) is 66.9 Å². The van der Waals surface area contributed by atoms with Gasteiger partial charge in [-0.15, -0.1) is 0 Å². The molecule has 49 heavy (non-hydrogen) atoms. The van der Waals surface area contributed by atoms with Crippen LogP contribution in [0.15, 0.2) is 47.4 Å². The lowest BCUT2D eigenvalue weighted by molar-refractivity contribution is -0.142. The molecule has 2 amide bonds. The standard InChI is InChI=1S/C33H44Cl2N8O5S/c1-21-7-8-22-18-24(9-11-27(22)40-21)48-20-25-26(34)10-12-28(30(25)35)49(46,47)41-33(2,3)31(45)43-16-14-42(15-17-43)29(44)19-23(36)6-4-5-13-39-32(37)38/h7-12,18,23,41H,4-6,13-17,19-20,36H2,1-3H3,(H4,37,38,39)/t23-/m0/s1. The molecule has 3 aromatic rings. The number of hydrogen-bond acceptors (Lipinski definition) is 8. The molecule has 16 heteroatoms. The Morgan fingerprint density at radius 3 is 2.45 bits per heavy atom. The zero-order valence-electron chi connectivity index (χ0n) is 27.9. The summed E-state index contributed by atoms with van der Waals surface area (Å²) in [7, 11) is -4.29. The minimum Gasteiger partial charge on any atom is -0.489 e. The quantitative estimate of drug-likeness (QED) is 0.0935. The van der Waals surface area contributed by atoms with Gasteiger partial charge >= 0.3 is 0 Å². The number of unbranched alkanes of at least 4 members (excludes halogenated alkanes) is 1. The molecule has 266 valence electrons. The lowest BCUT2D eigenvalue weighted by atomic mass is 10.0. The van der Waals surface area contributed by atoms with Crippen LogP contribution >= 0.6 is 23.2 Å². The maximum atomic E-state index is 13.6. The van der Waals surface area contributed by atoms with E-state index in [0.717, 1.165) is 29.4 Å². The number of rotatable bonds is 14. The number of aryl methyl sites for hydroxylation is 1. The van der Waals surface area contributed by atoms with E-state index in [9.17, 15) is 18.0 Å². The van der Waals surface area contributed by atoms with E-state index in [1.54, 1.807) is 11.0 Å². The number of halogens is 2. The molecule has 0 radical (unpaired) electrons. The molecule has 1 aliphatic rings. The van der Waals surface area contributed by atoms with E-state index in [2.05, 4.69) is 15.0 Å². The van der Waals surface area contributed by atoms with Crippen molar-refractivity contribution in [2.45, 2.75) is 69.5 Å². The number of hydrogen-bond donors (Lipinski definition) is 5. The number of carbonyl (C=O) groups excluding carboxylic acids is 2. The second-order valence-corrected chi connectivity index (χ2v) is 15.1. The highest BCUT2D eigenvalue weighted by Gasteiger charge is 2.39. The van der Waals surface area contributed by atoms with Gasteiger partial charge in [-0.2, -0.15) is 4.72 Å². The molecule has 2 aromatic carbocycles. The van der Waals surface area contributed by atoms with Crippen LogP contribution in [0.1, 0.15) is 50.8 Å². The Morgan fingerprint density at radius 1 is 1.06 bits per heavy atom. The number of piperazine rings is 1. The Kier molecular flexibility index (Phi) is 12.7. The normalized spacial score (nSPS) is 14.5. The lowest BCUT2D eigenvalue weighted by Crippen LogP contribution is -2.60. The molecule has 1 saturated heterocycles. The Morgan fingerprint density at radius 2 is 1.76 bits per heavy atom. The van der Waals surface area contributed by atoms with E-state index < -0.39 is 21.5 Å². The molecule has 0 aliphatic carbocycles. The highest BCUT2D eigenvalue weighted by molar-refractivity contribution is 7.89. The summed E-state index contributed by atoms with van der Waals surface area (Å²) in [5.41, 5.74) is 11.9. The van der Waals surface area contributed by atoms with Crippen molar-refractivity contribution in [2.75, 3.05) is 32.7 Å². The summed E-state index contributed by atoms with van der Waals surface area (Å²) in [5.74, 6) is -0.0749. The number of nitrogens with zero attached hydrogens (tertiary/aromatic N) is 3. The third kappa shape index (κ3) is 10.2. The van der Waals surface area contributed by atoms with Crippen molar-refractivity contribution in [2.24, 2.45) is 11.5 Å². The van der Waals surface area contributed by atoms with Crippen molar-refractivity contribution in [1.82, 2.24) is 24.8 Å². The number of guanidine groups is 1. The van der Waals surface area contributed by atoms with Crippen LogP contribution in [0.25, 0.3) is 10.9 Å². The monoisotopic (exact) mass is 734 g/mol. The molecule has 7 N–H and O–H groups in total. The number of fused-ring (bicyclic) bond motifs is 1. The van der Waals surface area contributed by atoms with Crippen LogP contribution in [0.3, 0.4) is 0 Å².